The van der Waals surface area contributed by atoms with Crippen molar-refractivity contribution >= 4 is 11.0 Å². The number of para-hydroxylation sites is 2. The lowest BCUT2D eigenvalue weighted by atomic mass is 9.98. The van der Waals surface area contributed by atoms with Gasteiger partial charge in [0.2, 0.25) is 6.33 Å². The van der Waals surface area contributed by atoms with Gasteiger partial charge in [-0.1, -0.05) is 90.5 Å². The van der Waals surface area contributed by atoms with Crippen molar-refractivity contribution in [2.24, 2.45) is 0 Å². The highest BCUT2D eigenvalue weighted by Crippen LogP contribution is 2.29. The first kappa shape index (κ1) is 20.3. The molecule has 0 aliphatic heterocycles. The van der Waals surface area contributed by atoms with Gasteiger partial charge in [-0.15, -0.1) is 0 Å². The van der Waals surface area contributed by atoms with Gasteiger partial charge < -0.3 is 0 Å². The molecule has 1 aromatic heterocycles. The van der Waals surface area contributed by atoms with E-state index in [-0.39, 0.29) is 6.04 Å². The third kappa shape index (κ3) is 3.73. The molecule has 0 saturated heterocycles. The average molecular weight is 418 g/mol. The van der Waals surface area contributed by atoms with Gasteiger partial charge in [0.1, 0.15) is 6.54 Å². The number of fused-ring (bicyclic) bond motifs is 1. The standard InChI is InChI=1S/C30H29N2/c1-22-18-23(2)27(24(3)19-22)20-31-21-32(29-17-11-10-16-28(29)31)30(25-12-6-4-7-13-25)26-14-8-5-9-15-26/h4-19,21,30H,20H2,1-3H3/q+1. The Hall–Kier alpha value is -3.65. The molecule has 0 aliphatic carbocycles. The predicted molar refractivity (Wildman–Crippen MR) is 132 cm³/mol. The summed E-state index contributed by atoms with van der Waals surface area (Å²) < 4.78 is 4.83. The number of nitrogens with zero attached hydrogens (tertiary/aromatic N) is 2. The van der Waals surface area contributed by atoms with Crippen LogP contribution in [-0.4, -0.2) is 4.57 Å². The first-order valence-corrected chi connectivity index (χ1v) is 11.3. The molecule has 0 atom stereocenters. The van der Waals surface area contributed by atoms with Crippen molar-refractivity contribution in [3.8, 4) is 0 Å². The van der Waals surface area contributed by atoms with Crippen molar-refractivity contribution in [3.05, 3.63) is 137 Å². The summed E-state index contributed by atoms with van der Waals surface area (Å²) in [4.78, 5) is 0. The maximum absolute atomic E-state index is 2.43. The number of imidazole rings is 1. The van der Waals surface area contributed by atoms with Crippen LogP contribution in [0.2, 0.25) is 0 Å². The molecule has 0 spiro atoms. The molecule has 1 heterocycles. The molecule has 0 aliphatic rings. The second-order valence-electron chi connectivity index (χ2n) is 8.74. The van der Waals surface area contributed by atoms with Crippen LogP contribution in [0.25, 0.3) is 11.0 Å². The van der Waals surface area contributed by atoms with Crippen molar-refractivity contribution in [2.45, 2.75) is 33.4 Å². The molecule has 0 saturated carbocycles. The average Bonchev–Trinajstić information content (AvgIpc) is 3.16. The van der Waals surface area contributed by atoms with Crippen LogP contribution >= 0.6 is 0 Å². The van der Waals surface area contributed by atoms with Crippen molar-refractivity contribution in [1.29, 1.82) is 0 Å². The molecule has 32 heavy (non-hydrogen) atoms. The number of hydrogen-bond acceptors (Lipinski definition) is 0. The summed E-state index contributed by atoms with van der Waals surface area (Å²) in [5, 5.41) is 0. The summed E-state index contributed by atoms with van der Waals surface area (Å²) in [5.41, 5.74) is 10.5. The fourth-order valence-electron chi connectivity index (χ4n) is 4.95. The van der Waals surface area contributed by atoms with Gasteiger partial charge in [0.15, 0.2) is 17.1 Å². The zero-order valence-electron chi connectivity index (χ0n) is 19.0. The summed E-state index contributed by atoms with van der Waals surface area (Å²) in [6.45, 7) is 7.49. The molecule has 158 valence electrons. The maximum Gasteiger partial charge on any atom is 0.245 e. The molecule has 4 aromatic carbocycles. The van der Waals surface area contributed by atoms with Gasteiger partial charge in [0.25, 0.3) is 0 Å². The van der Waals surface area contributed by atoms with Crippen LogP contribution in [0.4, 0.5) is 0 Å². The fraction of sp³-hybridized carbons (Fsp3) is 0.167. The van der Waals surface area contributed by atoms with Crippen LogP contribution in [0.3, 0.4) is 0 Å². The van der Waals surface area contributed by atoms with E-state index >= 15 is 0 Å². The van der Waals surface area contributed by atoms with Gasteiger partial charge in [0.05, 0.1) is 0 Å². The summed E-state index contributed by atoms with van der Waals surface area (Å²) in [7, 11) is 0. The Labute approximate surface area is 190 Å². The lowest BCUT2D eigenvalue weighted by Crippen LogP contribution is -2.34. The largest absolute Gasteiger partial charge is 0.245 e. The second-order valence-corrected chi connectivity index (χ2v) is 8.74. The molecule has 2 heteroatoms. The highest BCUT2D eigenvalue weighted by Gasteiger charge is 2.26. The van der Waals surface area contributed by atoms with Gasteiger partial charge in [-0.25, -0.2) is 9.13 Å². The minimum Gasteiger partial charge on any atom is -0.226 e. The lowest BCUT2D eigenvalue weighted by Gasteiger charge is -2.15. The fourth-order valence-corrected chi connectivity index (χ4v) is 4.95. The van der Waals surface area contributed by atoms with Crippen molar-refractivity contribution < 1.29 is 4.57 Å². The van der Waals surface area contributed by atoms with Gasteiger partial charge in [0, 0.05) is 11.1 Å². The van der Waals surface area contributed by atoms with Crippen LogP contribution in [-0.2, 0) is 6.54 Å². The predicted octanol–water partition coefficient (Wildman–Crippen LogP) is 6.54. The smallest absolute Gasteiger partial charge is 0.226 e. The quantitative estimate of drug-likeness (QED) is 0.287. The minimum absolute atomic E-state index is 0.115. The van der Waals surface area contributed by atoms with E-state index in [2.05, 4.69) is 133 Å². The van der Waals surface area contributed by atoms with E-state index in [1.54, 1.807) is 0 Å². The maximum atomic E-state index is 2.43. The van der Waals surface area contributed by atoms with Crippen LogP contribution in [0.5, 0.6) is 0 Å². The molecule has 2 nitrogen and oxygen atoms in total. The van der Waals surface area contributed by atoms with E-state index in [4.69, 9.17) is 0 Å². The SMILES string of the molecule is Cc1cc(C)c(C[n+]2cn(C(c3ccccc3)c3ccccc3)c3ccccc32)c(C)c1. The first-order valence-electron chi connectivity index (χ1n) is 11.3. The molecular formula is C30H29N2+. The molecule has 0 bridgehead atoms. The van der Waals surface area contributed by atoms with E-state index in [0.717, 1.165) is 6.54 Å². The Morgan fingerprint density at radius 1 is 0.688 bits per heavy atom. The first-order chi connectivity index (χ1) is 15.6. The molecule has 0 amide bonds. The lowest BCUT2D eigenvalue weighted by molar-refractivity contribution is -0.663. The molecular weight excluding hydrogens is 388 g/mol. The number of aromatic nitrogens is 2. The van der Waals surface area contributed by atoms with E-state index < -0.39 is 0 Å². The van der Waals surface area contributed by atoms with Crippen LogP contribution in [0, 0.1) is 20.8 Å². The van der Waals surface area contributed by atoms with Crippen molar-refractivity contribution in [2.75, 3.05) is 0 Å². The number of hydrogen-bond donors (Lipinski definition) is 0. The van der Waals surface area contributed by atoms with Crippen LogP contribution < -0.4 is 4.57 Å². The minimum atomic E-state index is 0.115. The normalized spacial score (nSPS) is 11.4. The van der Waals surface area contributed by atoms with Crippen LogP contribution in [0.1, 0.15) is 39.4 Å². The molecule has 5 rings (SSSR count). The second kappa shape index (κ2) is 8.47. The molecule has 0 unspecified atom stereocenters. The van der Waals surface area contributed by atoms with E-state index in [9.17, 15) is 0 Å². The topological polar surface area (TPSA) is 8.81 Å². The zero-order valence-corrected chi connectivity index (χ0v) is 19.0. The third-order valence-electron chi connectivity index (χ3n) is 6.41. The van der Waals surface area contributed by atoms with Gasteiger partial charge >= 0.3 is 0 Å². The summed E-state index contributed by atoms with van der Waals surface area (Å²) in [6, 6.07) is 35.0. The summed E-state index contributed by atoms with van der Waals surface area (Å²) in [5.74, 6) is 0. The Kier molecular flexibility index (Phi) is 5.36. The highest BCUT2D eigenvalue weighted by molar-refractivity contribution is 5.72. The Balaban J connectivity index is 1.70. The molecule has 0 N–H and O–H groups in total. The highest BCUT2D eigenvalue weighted by atomic mass is 15.2. The Bertz CT molecular complexity index is 1300. The van der Waals surface area contributed by atoms with Gasteiger partial charge in [-0.3, -0.25) is 0 Å². The molecule has 0 radical (unpaired) electrons. The van der Waals surface area contributed by atoms with E-state index in [1.807, 2.05) is 0 Å². The monoisotopic (exact) mass is 417 g/mol. The van der Waals surface area contributed by atoms with Gasteiger partial charge in [-0.05, 0) is 49.6 Å². The van der Waals surface area contributed by atoms with Crippen molar-refractivity contribution in [3.63, 3.8) is 0 Å². The van der Waals surface area contributed by atoms with Crippen LogP contribution in [0.15, 0.2) is 103 Å². The third-order valence-corrected chi connectivity index (χ3v) is 6.41. The van der Waals surface area contributed by atoms with Crippen molar-refractivity contribution in [1.82, 2.24) is 4.57 Å². The molecule has 0 fully saturated rings. The number of rotatable bonds is 5. The Morgan fingerprint density at radius 3 is 1.81 bits per heavy atom. The summed E-state index contributed by atoms with van der Waals surface area (Å²) >= 11 is 0. The summed E-state index contributed by atoms with van der Waals surface area (Å²) in [6.07, 6.45) is 2.30. The molecule has 5 aromatic rings. The van der Waals surface area contributed by atoms with Gasteiger partial charge in [-0.2, -0.15) is 0 Å². The van der Waals surface area contributed by atoms with E-state index in [1.165, 1.54) is 44.4 Å². The van der Waals surface area contributed by atoms with E-state index in [0.29, 0.717) is 0 Å². The number of benzene rings is 4. The Morgan fingerprint density at radius 2 is 1.22 bits per heavy atom. The zero-order chi connectivity index (χ0) is 22.1. The number of aryl methyl sites for hydroxylation is 3.